The molecule has 1 fully saturated rings. The molecule has 2 aromatic rings. The summed E-state index contributed by atoms with van der Waals surface area (Å²) < 4.78 is 44.2. The van der Waals surface area contributed by atoms with Gasteiger partial charge in [0, 0.05) is 25.7 Å². The Labute approximate surface area is 165 Å². The molecule has 0 radical (unpaired) electrons. The zero-order valence-electron chi connectivity index (χ0n) is 15.5. The van der Waals surface area contributed by atoms with Gasteiger partial charge in [0.15, 0.2) is 5.78 Å². The molecular weight excluding hydrogens is 385 g/mol. The van der Waals surface area contributed by atoms with Crippen molar-refractivity contribution in [3.05, 3.63) is 59.4 Å². The highest BCUT2D eigenvalue weighted by Crippen LogP contribution is 2.39. The van der Waals surface area contributed by atoms with Gasteiger partial charge in [-0.25, -0.2) is 0 Å². The highest BCUT2D eigenvalue weighted by atomic mass is 19.4. The Balaban J connectivity index is 1.48. The van der Waals surface area contributed by atoms with Crippen LogP contribution in [0.1, 0.15) is 52.1 Å². The van der Waals surface area contributed by atoms with E-state index >= 15 is 0 Å². The molecule has 1 aromatic carbocycles. The number of hydrogen-bond acceptors (Lipinski definition) is 4. The van der Waals surface area contributed by atoms with Gasteiger partial charge in [0.1, 0.15) is 17.0 Å². The summed E-state index contributed by atoms with van der Waals surface area (Å²) in [5.41, 5.74) is -0.999. The van der Waals surface area contributed by atoms with Gasteiger partial charge in [0.25, 0.3) is 5.91 Å². The van der Waals surface area contributed by atoms with Crippen molar-refractivity contribution in [3.8, 4) is 5.75 Å². The van der Waals surface area contributed by atoms with Crippen molar-refractivity contribution >= 4 is 11.7 Å². The molecule has 1 saturated heterocycles. The number of ether oxygens (including phenoxy) is 1. The molecule has 0 saturated carbocycles. The van der Waals surface area contributed by atoms with Crippen molar-refractivity contribution in [1.29, 1.82) is 0 Å². The fourth-order valence-electron chi connectivity index (χ4n) is 3.96. The fraction of sp³-hybridized carbons (Fsp3) is 0.381. The van der Waals surface area contributed by atoms with Gasteiger partial charge in [-0.2, -0.15) is 13.2 Å². The van der Waals surface area contributed by atoms with Gasteiger partial charge < -0.3 is 9.64 Å². The molecule has 0 aliphatic carbocycles. The number of carbonyl (C=O) groups excluding carboxylic acids is 2. The monoisotopic (exact) mass is 404 g/mol. The van der Waals surface area contributed by atoms with Crippen LogP contribution in [-0.4, -0.2) is 40.3 Å². The first-order chi connectivity index (χ1) is 13.8. The van der Waals surface area contributed by atoms with Crippen LogP contribution in [0.5, 0.6) is 5.75 Å². The van der Waals surface area contributed by atoms with E-state index < -0.39 is 17.5 Å². The number of nitrogens with zero attached hydrogens (tertiary/aromatic N) is 2. The van der Waals surface area contributed by atoms with Crippen molar-refractivity contribution in [3.63, 3.8) is 0 Å². The molecule has 29 heavy (non-hydrogen) atoms. The first-order valence-electron chi connectivity index (χ1n) is 9.41. The van der Waals surface area contributed by atoms with Crippen LogP contribution in [-0.2, 0) is 6.18 Å². The Hall–Kier alpha value is -2.90. The number of carbonyl (C=O) groups is 2. The average molecular weight is 404 g/mol. The molecule has 1 unspecified atom stereocenters. The Bertz CT molecular complexity index is 943. The second-order valence-corrected chi connectivity index (χ2v) is 7.46. The standard InChI is InChI=1S/C21H19F3N2O3/c22-21(23,24)18-7-6-14(13-25-18)19(28)26-10-3-8-20(9-11-26)12-16(27)15-4-1-2-5-17(15)29-20/h1-2,4-7,13H,3,8-12H2. The normalized spacial score (nSPS) is 22.0. The zero-order chi connectivity index (χ0) is 20.6. The molecule has 152 valence electrons. The number of para-hydroxylation sites is 1. The zero-order valence-corrected chi connectivity index (χ0v) is 15.5. The lowest BCUT2D eigenvalue weighted by Crippen LogP contribution is -2.43. The number of likely N-dealkylation sites (tertiary alicyclic amines) is 1. The Kier molecular flexibility index (Phi) is 4.80. The number of fused-ring (bicyclic) bond motifs is 1. The second kappa shape index (κ2) is 7.17. The summed E-state index contributed by atoms with van der Waals surface area (Å²) in [6.07, 6.45) is -1.58. The van der Waals surface area contributed by atoms with E-state index in [0.717, 1.165) is 18.3 Å². The third-order valence-corrected chi connectivity index (χ3v) is 5.48. The Morgan fingerprint density at radius 3 is 2.62 bits per heavy atom. The van der Waals surface area contributed by atoms with Crippen molar-refractivity contribution in [2.75, 3.05) is 13.1 Å². The quantitative estimate of drug-likeness (QED) is 0.717. The number of halogens is 3. The van der Waals surface area contributed by atoms with Crippen LogP contribution < -0.4 is 4.74 Å². The SMILES string of the molecule is O=C1CC2(CCCN(C(=O)c3ccc(C(F)(F)F)nc3)CC2)Oc2ccccc21. The molecule has 4 rings (SSSR count). The van der Waals surface area contributed by atoms with Crippen LogP contribution in [0.4, 0.5) is 13.2 Å². The molecular formula is C21H19F3N2O3. The first kappa shape index (κ1) is 19.4. The summed E-state index contributed by atoms with van der Waals surface area (Å²) >= 11 is 0. The summed E-state index contributed by atoms with van der Waals surface area (Å²) in [5.74, 6) is 0.222. The maximum Gasteiger partial charge on any atom is 0.433 e. The van der Waals surface area contributed by atoms with Crippen LogP contribution in [0.3, 0.4) is 0 Å². The van der Waals surface area contributed by atoms with E-state index in [4.69, 9.17) is 4.74 Å². The van der Waals surface area contributed by atoms with Crippen molar-refractivity contribution in [2.45, 2.75) is 37.5 Å². The summed E-state index contributed by atoms with van der Waals surface area (Å²) in [7, 11) is 0. The van der Waals surface area contributed by atoms with E-state index in [-0.39, 0.29) is 23.7 Å². The highest BCUT2D eigenvalue weighted by molar-refractivity contribution is 6.00. The van der Waals surface area contributed by atoms with E-state index in [2.05, 4.69) is 4.98 Å². The number of rotatable bonds is 1. The number of aromatic nitrogens is 1. The van der Waals surface area contributed by atoms with Gasteiger partial charge in [0.2, 0.25) is 0 Å². The smallest absolute Gasteiger partial charge is 0.433 e. The number of Topliss-reactive ketones (excluding diaryl/α,β-unsaturated/α-hetero) is 1. The molecule has 0 bridgehead atoms. The highest BCUT2D eigenvalue weighted by Gasteiger charge is 2.42. The Morgan fingerprint density at radius 2 is 1.90 bits per heavy atom. The maximum atomic E-state index is 12.7. The fourth-order valence-corrected chi connectivity index (χ4v) is 3.96. The minimum Gasteiger partial charge on any atom is -0.486 e. The van der Waals surface area contributed by atoms with Crippen LogP contribution >= 0.6 is 0 Å². The van der Waals surface area contributed by atoms with E-state index in [9.17, 15) is 22.8 Å². The predicted molar refractivity (Wildman–Crippen MR) is 97.7 cm³/mol. The molecule has 1 amide bonds. The third-order valence-electron chi connectivity index (χ3n) is 5.48. The molecule has 8 heteroatoms. The number of benzene rings is 1. The van der Waals surface area contributed by atoms with Gasteiger partial charge in [0.05, 0.1) is 17.5 Å². The van der Waals surface area contributed by atoms with E-state index in [1.165, 1.54) is 0 Å². The van der Waals surface area contributed by atoms with Gasteiger partial charge in [-0.05, 0) is 37.1 Å². The number of alkyl halides is 3. The minimum absolute atomic E-state index is 0.0264. The number of ketones is 1. The van der Waals surface area contributed by atoms with Gasteiger partial charge in [-0.1, -0.05) is 12.1 Å². The molecule has 0 N–H and O–H groups in total. The van der Waals surface area contributed by atoms with Gasteiger partial charge >= 0.3 is 6.18 Å². The van der Waals surface area contributed by atoms with Crippen LogP contribution in [0.15, 0.2) is 42.6 Å². The number of amides is 1. The van der Waals surface area contributed by atoms with E-state index in [1.54, 1.807) is 23.1 Å². The predicted octanol–water partition coefficient (Wildman–Crippen LogP) is 4.13. The van der Waals surface area contributed by atoms with Crippen molar-refractivity contribution < 1.29 is 27.5 Å². The average Bonchev–Trinajstić information content (AvgIpc) is 2.89. The maximum absolute atomic E-state index is 12.7. The van der Waals surface area contributed by atoms with Gasteiger partial charge in [-0.3, -0.25) is 14.6 Å². The summed E-state index contributed by atoms with van der Waals surface area (Å²) in [4.78, 5) is 30.3. The molecule has 5 nitrogen and oxygen atoms in total. The van der Waals surface area contributed by atoms with Crippen LogP contribution in [0.2, 0.25) is 0 Å². The van der Waals surface area contributed by atoms with Crippen LogP contribution in [0.25, 0.3) is 0 Å². The van der Waals surface area contributed by atoms with Crippen LogP contribution in [0, 0.1) is 0 Å². The summed E-state index contributed by atoms with van der Waals surface area (Å²) in [6, 6.07) is 9.09. The Morgan fingerprint density at radius 1 is 1.10 bits per heavy atom. The third kappa shape index (κ3) is 3.83. The minimum atomic E-state index is -4.54. The lowest BCUT2D eigenvalue weighted by atomic mass is 9.84. The van der Waals surface area contributed by atoms with E-state index in [1.807, 2.05) is 6.07 Å². The molecule has 1 atom stereocenters. The largest absolute Gasteiger partial charge is 0.486 e. The molecule has 3 heterocycles. The second-order valence-electron chi connectivity index (χ2n) is 7.46. The summed E-state index contributed by atoms with van der Waals surface area (Å²) in [5, 5.41) is 0. The van der Waals surface area contributed by atoms with Crippen molar-refractivity contribution in [1.82, 2.24) is 9.88 Å². The van der Waals surface area contributed by atoms with Gasteiger partial charge in [-0.15, -0.1) is 0 Å². The summed E-state index contributed by atoms with van der Waals surface area (Å²) in [6.45, 7) is 0.802. The molecule has 2 aliphatic rings. The first-order valence-corrected chi connectivity index (χ1v) is 9.41. The molecule has 1 aromatic heterocycles. The number of hydrogen-bond donors (Lipinski definition) is 0. The topological polar surface area (TPSA) is 59.5 Å². The lowest BCUT2D eigenvalue weighted by molar-refractivity contribution is -0.141. The lowest BCUT2D eigenvalue weighted by Gasteiger charge is -2.37. The van der Waals surface area contributed by atoms with E-state index in [0.29, 0.717) is 43.7 Å². The number of pyridine rings is 1. The van der Waals surface area contributed by atoms with Crippen molar-refractivity contribution in [2.24, 2.45) is 0 Å². The molecule has 1 spiro atoms. The molecule has 2 aliphatic heterocycles.